The molecule has 11 heteroatoms. The number of nitrogens with zero attached hydrogens (tertiary/aromatic N) is 2. The molecule has 2 rings (SSSR count). The molecule has 1 aromatic rings. The molecule has 1 aromatic carbocycles. The number of carbonyl (C=O) groups is 2. The van der Waals surface area contributed by atoms with Crippen LogP contribution in [0, 0.1) is 11.6 Å². The molecule has 1 unspecified atom stereocenters. The SMILES string of the molecule is CC(C(=O)NC(=O)NC(C)(C)C)N1CCN(S(=O)(=O)c2c(F)cccc2F)CC1. The molecule has 0 radical (unpaired) electrons. The topological polar surface area (TPSA) is 98.8 Å². The van der Waals surface area contributed by atoms with Crippen molar-refractivity contribution in [3.05, 3.63) is 29.8 Å². The van der Waals surface area contributed by atoms with Crippen LogP contribution < -0.4 is 10.6 Å². The van der Waals surface area contributed by atoms with Gasteiger partial charge in [0.25, 0.3) is 0 Å². The van der Waals surface area contributed by atoms with Crippen molar-refractivity contribution >= 4 is 22.0 Å². The second kappa shape index (κ2) is 8.72. The van der Waals surface area contributed by atoms with Crippen LogP contribution in [-0.4, -0.2) is 67.3 Å². The number of amides is 3. The van der Waals surface area contributed by atoms with Crippen molar-refractivity contribution in [1.82, 2.24) is 19.8 Å². The van der Waals surface area contributed by atoms with Crippen LogP contribution in [0.3, 0.4) is 0 Å². The summed E-state index contributed by atoms with van der Waals surface area (Å²) in [7, 11) is -4.34. The molecule has 1 saturated heterocycles. The number of rotatable bonds is 4. The van der Waals surface area contributed by atoms with Crippen LogP contribution in [-0.2, 0) is 14.8 Å². The summed E-state index contributed by atoms with van der Waals surface area (Å²) in [4.78, 5) is 24.8. The second-order valence-electron chi connectivity index (χ2n) is 7.86. The Kier molecular flexibility index (Phi) is 6.97. The van der Waals surface area contributed by atoms with Crippen molar-refractivity contribution in [3.8, 4) is 0 Å². The summed E-state index contributed by atoms with van der Waals surface area (Å²) in [5.41, 5.74) is -0.504. The summed E-state index contributed by atoms with van der Waals surface area (Å²) in [6, 6.07) is 1.57. The first kappa shape index (κ1) is 23.2. The number of carbonyl (C=O) groups excluding carboxylic acids is 2. The van der Waals surface area contributed by atoms with Gasteiger partial charge in [-0.25, -0.2) is 22.0 Å². The third kappa shape index (κ3) is 5.71. The number of hydrogen-bond acceptors (Lipinski definition) is 5. The Morgan fingerprint density at radius 2 is 1.59 bits per heavy atom. The van der Waals surface area contributed by atoms with Crippen molar-refractivity contribution in [2.75, 3.05) is 26.2 Å². The van der Waals surface area contributed by atoms with E-state index in [0.29, 0.717) is 0 Å². The molecule has 0 aromatic heterocycles. The minimum absolute atomic E-state index is 0.0398. The van der Waals surface area contributed by atoms with Gasteiger partial charge < -0.3 is 5.32 Å². The molecule has 0 spiro atoms. The van der Waals surface area contributed by atoms with Crippen molar-refractivity contribution < 1.29 is 26.8 Å². The van der Waals surface area contributed by atoms with Crippen molar-refractivity contribution in [1.29, 1.82) is 0 Å². The number of urea groups is 1. The Morgan fingerprint density at radius 3 is 2.07 bits per heavy atom. The average Bonchev–Trinajstić information content (AvgIpc) is 2.59. The van der Waals surface area contributed by atoms with E-state index in [0.717, 1.165) is 22.5 Å². The van der Waals surface area contributed by atoms with E-state index in [-0.39, 0.29) is 26.2 Å². The first-order valence-electron chi connectivity index (χ1n) is 9.14. The largest absolute Gasteiger partial charge is 0.333 e. The highest BCUT2D eigenvalue weighted by molar-refractivity contribution is 7.89. The molecule has 1 heterocycles. The van der Waals surface area contributed by atoms with Crippen LogP contribution in [0.2, 0.25) is 0 Å². The molecule has 29 heavy (non-hydrogen) atoms. The number of nitrogens with one attached hydrogen (secondary N) is 2. The molecule has 1 atom stereocenters. The number of hydrogen-bond donors (Lipinski definition) is 2. The van der Waals surface area contributed by atoms with E-state index in [4.69, 9.17) is 0 Å². The molecule has 1 aliphatic heterocycles. The third-order valence-corrected chi connectivity index (χ3v) is 6.39. The molecule has 3 amide bonds. The van der Waals surface area contributed by atoms with E-state index in [1.54, 1.807) is 32.6 Å². The highest BCUT2D eigenvalue weighted by Crippen LogP contribution is 2.23. The van der Waals surface area contributed by atoms with Crippen LogP contribution in [0.1, 0.15) is 27.7 Å². The van der Waals surface area contributed by atoms with Crippen LogP contribution in [0.25, 0.3) is 0 Å². The summed E-state index contributed by atoms with van der Waals surface area (Å²) in [5.74, 6) is -2.82. The Labute approximate surface area is 169 Å². The maximum absolute atomic E-state index is 13.9. The van der Waals surface area contributed by atoms with E-state index in [1.165, 1.54) is 0 Å². The Bertz CT molecular complexity index is 858. The van der Waals surface area contributed by atoms with Crippen LogP contribution in [0.4, 0.5) is 13.6 Å². The Morgan fingerprint density at radius 1 is 1.07 bits per heavy atom. The van der Waals surface area contributed by atoms with Gasteiger partial charge >= 0.3 is 6.03 Å². The van der Waals surface area contributed by atoms with Gasteiger partial charge in [-0.1, -0.05) is 6.07 Å². The predicted molar refractivity (Wildman–Crippen MR) is 103 cm³/mol. The zero-order chi connectivity index (χ0) is 22.0. The van der Waals surface area contributed by atoms with E-state index in [2.05, 4.69) is 10.6 Å². The minimum Gasteiger partial charge on any atom is -0.333 e. The maximum atomic E-state index is 13.9. The molecule has 0 bridgehead atoms. The number of halogens is 2. The molecular formula is C18H26F2N4O4S. The second-order valence-corrected chi connectivity index (χ2v) is 9.73. The van der Waals surface area contributed by atoms with Gasteiger partial charge in [0, 0.05) is 31.7 Å². The molecule has 0 aliphatic carbocycles. The maximum Gasteiger partial charge on any atom is 0.321 e. The van der Waals surface area contributed by atoms with Crippen LogP contribution in [0.15, 0.2) is 23.1 Å². The van der Waals surface area contributed by atoms with Gasteiger partial charge in [-0.15, -0.1) is 0 Å². The molecule has 2 N–H and O–H groups in total. The molecule has 0 saturated carbocycles. The summed E-state index contributed by atoms with van der Waals surface area (Å²) >= 11 is 0. The fourth-order valence-corrected chi connectivity index (χ4v) is 4.47. The lowest BCUT2D eigenvalue weighted by molar-refractivity contribution is -0.125. The molecule has 8 nitrogen and oxygen atoms in total. The van der Waals surface area contributed by atoms with E-state index in [9.17, 15) is 26.8 Å². The van der Waals surface area contributed by atoms with E-state index < -0.39 is 50.1 Å². The molecule has 162 valence electrons. The zero-order valence-electron chi connectivity index (χ0n) is 16.8. The van der Waals surface area contributed by atoms with E-state index >= 15 is 0 Å². The Hall–Kier alpha value is -2.11. The number of benzene rings is 1. The molecular weight excluding hydrogens is 406 g/mol. The van der Waals surface area contributed by atoms with Gasteiger partial charge in [-0.05, 0) is 39.8 Å². The highest BCUT2D eigenvalue weighted by Gasteiger charge is 2.35. The first-order chi connectivity index (χ1) is 13.3. The molecule has 1 fully saturated rings. The molecule has 1 aliphatic rings. The summed E-state index contributed by atoms with van der Waals surface area (Å²) < 4.78 is 54.0. The van der Waals surface area contributed by atoms with Crippen LogP contribution in [0.5, 0.6) is 0 Å². The van der Waals surface area contributed by atoms with Gasteiger partial charge in [0.2, 0.25) is 15.9 Å². The average molecular weight is 432 g/mol. The van der Waals surface area contributed by atoms with Crippen LogP contribution >= 0.6 is 0 Å². The van der Waals surface area contributed by atoms with Gasteiger partial charge in [0.15, 0.2) is 4.90 Å². The lowest BCUT2D eigenvalue weighted by Crippen LogP contribution is -2.57. The van der Waals surface area contributed by atoms with Gasteiger partial charge in [0.05, 0.1) is 6.04 Å². The smallest absolute Gasteiger partial charge is 0.321 e. The van der Waals surface area contributed by atoms with E-state index in [1.807, 2.05) is 0 Å². The predicted octanol–water partition coefficient (Wildman–Crippen LogP) is 1.28. The summed E-state index contributed by atoms with van der Waals surface area (Å²) in [6.45, 7) is 7.19. The van der Waals surface area contributed by atoms with Crippen molar-refractivity contribution in [2.45, 2.75) is 44.2 Å². The van der Waals surface area contributed by atoms with Gasteiger partial charge in [-0.2, -0.15) is 4.31 Å². The van der Waals surface area contributed by atoms with Gasteiger partial charge in [-0.3, -0.25) is 15.0 Å². The first-order valence-corrected chi connectivity index (χ1v) is 10.6. The standard InChI is InChI=1S/C18H26F2N4O4S/c1-12(16(25)21-17(26)22-18(2,3)4)23-8-10-24(11-9-23)29(27,28)15-13(19)6-5-7-14(15)20/h5-7,12H,8-11H2,1-4H3,(H2,21,22,25,26). The third-order valence-electron chi connectivity index (χ3n) is 4.44. The van der Waals surface area contributed by atoms with Gasteiger partial charge in [0.1, 0.15) is 11.6 Å². The number of imide groups is 1. The lowest BCUT2D eigenvalue weighted by Gasteiger charge is -2.36. The lowest BCUT2D eigenvalue weighted by atomic mass is 10.1. The fourth-order valence-electron chi connectivity index (χ4n) is 2.94. The monoisotopic (exact) mass is 432 g/mol. The number of piperazine rings is 1. The van der Waals surface area contributed by atoms with Crippen molar-refractivity contribution in [3.63, 3.8) is 0 Å². The summed E-state index contributed by atoms with van der Waals surface area (Å²) in [6.07, 6.45) is 0. The van der Waals surface area contributed by atoms with Crippen molar-refractivity contribution in [2.24, 2.45) is 0 Å². The zero-order valence-corrected chi connectivity index (χ0v) is 17.6. The summed E-state index contributed by atoms with van der Waals surface area (Å²) in [5, 5.41) is 4.87. The quantitative estimate of drug-likeness (QED) is 0.747. The minimum atomic E-state index is -4.34. The fraction of sp³-hybridized carbons (Fsp3) is 0.556. The Balaban J connectivity index is 1.99. The highest BCUT2D eigenvalue weighted by atomic mass is 32.2. The number of sulfonamides is 1. The normalized spacial score (nSPS) is 17.6.